The summed E-state index contributed by atoms with van der Waals surface area (Å²) in [5, 5.41) is 9.99. The lowest BCUT2D eigenvalue weighted by Crippen LogP contribution is -2.01. The molecule has 0 radical (unpaired) electrons. The Hall–Kier alpha value is -2.50. The molecule has 0 saturated carbocycles. The van der Waals surface area contributed by atoms with E-state index in [0.717, 1.165) is 0 Å². The molecule has 2 aromatic carbocycles. The minimum Gasteiger partial charge on any atom is -0.508 e. The van der Waals surface area contributed by atoms with E-state index in [0.29, 0.717) is 16.7 Å². The van der Waals surface area contributed by atoms with Gasteiger partial charge in [0, 0.05) is 25.3 Å². The number of hydrogen-bond acceptors (Lipinski definition) is 3. The van der Waals surface area contributed by atoms with Gasteiger partial charge in [0.1, 0.15) is 18.2 Å². The smallest absolute Gasteiger partial charge is 0.302 e. The zero-order valence-corrected chi connectivity index (χ0v) is 13.1. The number of ether oxygens (including phenoxy) is 1. The van der Waals surface area contributed by atoms with Crippen LogP contribution in [0.1, 0.15) is 29.2 Å². The monoisotopic (exact) mass is 338 g/mol. The zero-order valence-electron chi connectivity index (χ0n) is 13.1. The number of benzene rings is 2. The SMILES string of the molecule is CC(=O)OCc1cc(O)c(Cc2ccc(CC(F)F)cc2)c(F)c1. The first-order valence-electron chi connectivity index (χ1n) is 7.34. The summed E-state index contributed by atoms with van der Waals surface area (Å²) in [6.07, 6.45) is -2.62. The van der Waals surface area contributed by atoms with Crippen molar-refractivity contribution in [1.29, 1.82) is 0 Å². The van der Waals surface area contributed by atoms with Crippen LogP contribution in [0.2, 0.25) is 0 Å². The van der Waals surface area contributed by atoms with Gasteiger partial charge in [0.05, 0.1) is 0 Å². The molecule has 0 unspecified atom stereocenters. The zero-order chi connectivity index (χ0) is 17.7. The van der Waals surface area contributed by atoms with Crippen LogP contribution in [-0.4, -0.2) is 17.5 Å². The molecule has 0 amide bonds. The van der Waals surface area contributed by atoms with Crippen LogP contribution in [0.15, 0.2) is 36.4 Å². The van der Waals surface area contributed by atoms with Gasteiger partial charge in [-0.3, -0.25) is 4.79 Å². The number of carbonyl (C=O) groups is 1. The molecule has 6 heteroatoms. The standard InChI is InChI=1S/C18H17F3O3/c1-11(22)24-10-14-7-16(19)15(17(23)8-14)6-12-2-4-13(5-3-12)9-18(20)21/h2-5,7-8,18,23H,6,9-10H2,1H3. The van der Waals surface area contributed by atoms with Gasteiger partial charge >= 0.3 is 5.97 Å². The van der Waals surface area contributed by atoms with Crippen molar-refractivity contribution in [3.63, 3.8) is 0 Å². The van der Waals surface area contributed by atoms with Crippen molar-refractivity contribution in [2.75, 3.05) is 0 Å². The van der Waals surface area contributed by atoms with Crippen LogP contribution >= 0.6 is 0 Å². The molecule has 0 aromatic heterocycles. The van der Waals surface area contributed by atoms with Gasteiger partial charge in [0.15, 0.2) is 0 Å². The molecule has 0 saturated heterocycles. The van der Waals surface area contributed by atoms with E-state index in [1.807, 2.05) is 0 Å². The maximum absolute atomic E-state index is 14.2. The molecule has 0 aliphatic heterocycles. The average molecular weight is 338 g/mol. The van der Waals surface area contributed by atoms with Crippen LogP contribution in [0.4, 0.5) is 13.2 Å². The van der Waals surface area contributed by atoms with Gasteiger partial charge < -0.3 is 9.84 Å². The van der Waals surface area contributed by atoms with Gasteiger partial charge in [-0.25, -0.2) is 13.2 Å². The first kappa shape index (κ1) is 17.8. The lowest BCUT2D eigenvalue weighted by Gasteiger charge is -2.10. The number of halogens is 3. The lowest BCUT2D eigenvalue weighted by atomic mass is 10.00. The van der Waals surface area contributed by atoms with Crippen LogP contribution in [-0.2, 0) is 29.0 Å². The van der Waals surface area contributed by atoms with E-state index >= 15 is 0 Å². The number of rotatable bonds is 6. The van der Waals surface area contributed by atoms with Crippen molar-refractivity contribution in [3.05, 3.63) is 64.5 Å². The van der Waals surface area contributed by atoms with Crippen molar-refractivity contribution >= 4 is 5.97 Å². The Morgan fingerprint density at radius 2 is 1.75 bits per heavy atom. The van der Waals surface area contributed by atoms with E-state index in [4.69, 9.17) is 4.74 Å². The van der Waals surface area contributed by atoms with E-state index in [-0.39, 0.29) is 30.8 Å². The summed E-state index contributed by atoms with van der Waals surface area (Å²) in [5.74, 6) is -1.36. The molecule has 3 nitrogen and oxygen atoms in total. The molecule has 2 rings (SSSR count). The fourth-order valence-electron chi connectivity index (χ4n) is 2.30. The van der Waals surface area contributed by atoms with E-state index < -0.39 is 18.2 Å². The predicted molar refractivity (Wildman–Crippen MR) is 82.5 cm³/mol. The molecular formula is C18H17F3O3. The third-order valence-electron chi connectivity index (χ3n) is 3.47. The van der Waals surface area contributed by atoms with Gasteiger partial charge in [-0.1, -0.05) is 24.3 Å². The summed E-state index contributed by atoms with van der Waals surface area (Å²) >= 11 is 0. The van der Waals surface area contributed by atoms with Gasteiger partial charge in [-0.05, 0) is 28.8 Å². The number of phenols is 1. The van der Waals surface area contributed by atoms with Crippen LogP contribution in [0.3, 0.4) is 0 Å². The molecule has 24 heavy (non-hydrogen) atoms. The van der Waals surface area contributed by atoms with Crippen molar-refractivity contribution in [1.82, 2.24) is 0 Å². The second-order valence-electron chi connectivity index (χ2n) is 5.44. The van der Waals surface area contributed by atoms with Crippen molar-refractivity contribution < 1.29 is 27.8 Å². The maximum Gasteiger partial charge on any atom is 0.302 e. The molecule has 0 spiro atoms. The molecule has 128 valence electrons. The van der Waals surface area contributed by atoms with Crippen LogP contribution in [0.25, 0.3) is 0 Å². The molecule has 0 aliphatic rings. The average Bonchev–Trinajstić information content (AvgIpc) is 2.50. The molecule has 1 N–H and O–H groups in total. The Balaban J connectivity index is 2.13. The number of aromatic hydroxyl groups is 1. The van der Waals surface area contributed by atoms with Crippen LogP contribution in [0, 0.1) is 5.82 Å². The number of hydrogen-bond donors (Lipinski definition) is 1. The third-order valence-corrected chi connectivity index (χ3v) is 3.47. The topological polar surface area (TPSA) is 46.5 Å². The van der Waals surface area contributed by atoms with Gasteiger partial charge in [0.25, 0.3) is 0 Å². The molecular weight excluding hydrogens is 321 g/mol. The normalized spacial score (nSPS) is 10.9. The molecule has 2 aromatic rings. The molecule has 0 atom stereocenters. The van der Waals surface area contributed by atoms with Gasteiger partial charge in [-0.15, -0.1) is 0 Å². The summed E-state index contributed by atoms with van der Waals surface area (Å²) in [5.41, 5.74) is 1.63. The van der Waals surface area contributed by atoms with Gasteiger partial charge in [-0.2, -0.15) is 0 Å². The quantitative estimate of drug-likeness (QED) is 0.810. The summed E-state index contributed by atoms with van der Waals surface area (Å²) in [6, 6.07) is 8.92. The Labute approximate surface area is 137 Å². The Morgan fingerprint density at radius 3 is 2.29 bits per heavy atom. The summed E-state index contributed by atoms with van der Waals surface area (Å²) in [4.78, 5) is 10.8. The Morgan fingerprint density at radius 1 is 1.12 bits per heavy atom. The van der Waals surface area contributed by atoms with Crippen LogP contribution < -0.4 is 0 Å². The molecule has 0 heterocycles. The predicted octanol–water partition coefficient (Wildman–Crippen LogP) is 3.99. The molecule has 0 aliphatic carbocycles. The number of phenolic OH excluding ortho intramolecular Hbond substituents is 1. The number of esters is 1. The molecule has 0 bridgehead atoms. The molecule has 0 fully saturated rings. The first-order chi connectivity index (χ1) is 11.3. The minimum atomic E-state index is -2.41. The maximum atomic E-state index is 14.2. The van der Waals surface area contributed by atoms with Crippen molar-refractivity contribution in [3.8, 4) is 5.75 Å². The highest BCUT2D eigenvalue weighted by Gasteiger charge is 2.12. The van der Waals surface area contributed by atoms with Gasteiger partial charge in [0.2, 0.25) is 6.43 Å². The van der Waals surface area contributed by atoms with E-state index in [2.05, 4.69) is 0 Å². The summed E-state index contributed by atoms with van der Waals surface area (Å²) in [7, 11) is 0. The second kappa shape index (κ2) is 7.86. The fourth-order valence-corrected chi connectivity index (χ4v) is 2.30. The number of alkyl halides is 2. The number of carbonyl (C=O) groups excluding carboxylic acids is 1. The fraction of sp³-hybridized carbons (Fsp3) is 0.278. The first-order valence-corrected chi connectivity index (χ1v) is 7.34. The highest BCUT2D eigenvalue weighted by atomic mass is 19.3. The van der Waals surface area contributed by atoms with E-state index in [1.165, 1.54) is 19.1 Å². The lowest BCUT2D eigenvalue weighted by molar-refractivity contribution is -0.142. The summed E-state index contributed by atoms with van der Waals surface area (Å²) < 4.78 is 43.6. The minimum absolute atomic E-state index is 0.100. The van der Waals surface area contributed by atoms with Crippen LogP contribution in [0.5, 0.6) is 5.75 Å². The second-order valence-corrected chi connectivity index (χ2v) is 5.44. The largest absolute Gasteiger partial charge is 0.508 e. The van der Waals surface area contributed by atoms with E-state index in [1.54, 1.807) is 24.3 Å². The third kappa shape index (κ3) is 5.01. The Bertz CT molecular complexity index is 689. The van der Waals surface area contributed by atoms with Crippen molar-refractivity contribution in [2.24, 2.45) is 0 Å². The highest BCUT2D eigenvalue weighted by Crippen LogP contribution is 2.26. The highest BCUT2D eigenvalue weighted by molar-refractivity contribution is 5.65. The van der Waals surface area contributed by atoms with E-state index in [9.17, 15) is 23.1 Å². The summed E-state index contributed by atoms with van der Waals surface area (Å²) in [6.45, 7) is 1.12. The Kier molecular flexibility index (Phi) is 5.84. The van der Waals surface area contributed by atoms with Crippen molar-refractivity contribution in [2.45, 2.75) is 32.8 Å².